The number of benzene rings is 9. The molecule has 2 spiro atoms. The summed E-state index contributed by atoms with van der Waals surface area (Å²) in [5, 5.41) is 5.98. The molecule has 13 rings (SSSR count). The van der Waals surface area contributed by atoms with Crippen molar-refractivity contribution in [3.63, 3.8) is 0 Å². The first kappa shape index (κ1) is 32.4. The fraction of sp³-hybridized carbons (Fsp3) is 0.0182. The van der Waals surface area contributed by atoms with Crippen molar-refractivity contribution in [2.45, 2.75) is 15.2 Å². The average molecular weight is 770 g/mol. The van der Waals surface area contributed by atoms with Gasteiger partial charge >= 0.3 is 0 Å². The molecule has 0 saturated heterocycles. The van der Waals surface area contributed by atoms with Gasteiger partial charge in [-0.05, 0) is 119 Å². The van der Waals surface area contributed by atoms with Crippen molar-refractivity contribution in [1.82, 2.24) is 0 Å². The quantitative estimate of drug-likeness (QED) is 0.161. The van der Waals surface area contributed by atoms with Crippen molar-refractivity contribution >= 4 is 57.6 Å². The molecular formula is C55H35NSSi. The second-order valence-corrected chi connectivity index (χ2v) is 20.7. The van der Waals surface area contributed by atoms with Gasteiger partial charge in [-0.3, -0.25) is 0 Å². The largest absolute Gasteiger partial charge is 0.310 e. The molecule has 0 saturated carbocycles. The summed E-state index contributed by atoms with van der Waals surface area (Å²) in [6, 6.07) is 80.7. The third-order valence-electron chi connectivity index (χ3n) is 13.3. The molecule has 0 atom stereocenters. The Morgan fingerprint density at radius 2 is 0.845 bits per heavy atom. The summed E-state index contributed by atoms with van der Waals surface area (Å²) in [4.78, 5) is 5.19. The summed E-state index contributed by atoms with van der Waals surface area (Å²) >= 11 is 1.90. The Morgan fingerprint density at radius 3 is 1.48 bits per heavy atom. The topological polar surface area (TPSA) is 3.24 Å². The summed E-state index contributed by atoms with van der Waals surface area (Å²) < 4.78 is 0. The molecule has 0 radical (unpaired) electrons. The Kier molecular flexibility index (Phi) is 6.68. The normalized spacial score (nSPS) is 15.1. The molecule has 0 aromatic heterocycles. The molecule has 4 aliphatic rings. The van der Waals surface area contributed by atoms with Crippen LogP contribution in [0.4, 0.5) is 17.1 Å². The third-order valence-corrected chi connectivity index (χ3v) is 19.4. The summed E-state index contributed by atoms with van der Waals surface area (Å²) in [5.41, 5.74) is 16.3. The lowest BCUT2D eigenvalue weighted by molar-refractivity contribution is 0.692. The predicted molar refractivity (Wildman–Crippen MR) is 244 cm³/mol. The second-order valence-electron chi connectivity index (χ2n) is 15.9. The van der Waals surface area contributed by atoms with Crippen LogP contribution in [0.5, 0.6) is 0 Å². The van der Waals surface area contributed by atoms with Crippen LogP contribution in [-0.2, 0) is 5.41 Å². The summed E-state index contributed by atoms with van der Waals surface area (Å²) in [6.07, 6.45) is 0. The Morgan fingerprint density at radius 1 is 0.345 bits per heavy atom. The highest BCUT2D eigenvalue weighted by molar-refractivity contribution is 7.99. The van der Waals surface area contributed by atoms with Gasteiger partial charge in [0.2, 0.25) is 0 Å². The number of para-hydroxylation sites is 1. The minimum Gasteiger partial charge on any atom is -0.310 e. The van der Waals surface area contributed by atoms with E-state index in [0.29, 0.717) is 0 Å². The van der Waals surface area contributed by atoms with E-state index < -0.39 is 13.5 Å². The standard InChI is InChI=1S/C55H35NSSi/c1-2-16-36(17-3-1)37-30-33-48-46(34-37)55(44-22-8-11-25-49(44)57-50-26-12-9-23-45(50)55)43-21-7-10-24-47(43)56(48)38-31-32-42-41-20-6-15-29-53(41)58(54(42)35-38)51-27-13-4-18-39(51)40-19-5-14-28-52(40)58/h1-35H. The molecule has 9 aromatic carbocycles. The van der Waals surface area contributed by atoms with Crippen molar-refractivity contribution in [2.24, 2.45) is 0 Å². The van der Waals surface area contributed by atoms with Gasteiger partial charge in [0, 0.05) is 15.5 Å². The number of rotatable bonds is 2. The molecule has 0 amide bonds. The van der Waals surface area contributed by atoms with E-state index in [0.717, 1.165) is 0 Å². The highest BCUT2D eigenvalue weighted by Crippen LogP contribution is 2.63. The van der Waals surface area contributed by atoms with Crippen molar-refractivity contribution in [2.75, 3.05) is 4.90 Å². The van der Waals surface area contributed by atoms with E-state index in [-0.39, 0.29) is 0 Å². The van der Waals surface area contributed by atoms with Gasteiger partial charge in [0.05, 0.1) is 16.8 Å². The van der Waals surface area contributed by atoms with Gasteiger partial charge < -0.3 is 4.90 Å². The Hall–Kier alpha value is -6.65. The Bertz CT molecular complexity index is 3070. The maximum absolute atomic E-state index is 2.65. The minimum atomic E-state index is -2.65. The monoisotopic (exact) mass is 769 g/mol. The van der Waals surface area contributed by atoms with Crippen LogP contribution in [0, 0.1) is 0 Å². The van der Waals surface area contributed by atoms with Crippen molar-refractivity contribution in [1.29, 1.82) is 0 Å². The first-order valence-electron chi connectivity index (χ1n) is 20.2. The van der Waals surface area contributed by atoms with Gasteiger partial charge in [-0.25, -0.2) is 0 Å². The van der Waals surface area contributed by atoms with Gasteiger partial charge in [0.25, 0.3) is 0 Å². The molecule has 4 heterocycles. The molecule has 0 bridgehead atoms. The van der Waals surface area contributed by atoms with Gasteiger partial charge in [-0.1, -0.05) is 182 Å². The lowest BCUT2D eigenvalue weighted by Gasteiger charge is -2.49. The van der Waals surface area contributed by atoms with Gasteiger partial charge in [0.15, 0.2) is 8.07 Å². The van der Waals surface area contributed by atoms with E-state index in [1.807, 2.05) is 11.8 Å². The minimum absolute atomic E-state index is 0.530. The highest BCUT2D eigenvalue weighted by atomic mass is 32.2. The molecular weight excluding hydrogens is 735 g/mol. The third kappa shape index (κ3) is 4.02. The van der Waals surface area contributed by atoms with Crippen LogP contribution < -0.4 is 25.6 Å². The number of fused-ring (bicyclic) bond motifs is 18. The number of nitrogens with zero attached hydrogens (tertiary/aromatic N) is 1. The van der Waals surface area contributed by atoms with E-state index in [1.54, 1.807) is 0 Å². The van der Waals surface area contributed by atoms with E-state index in [1.165, 1.54) is 103 Å². The highest BCUT2D eigenvalue weighted by Gasteiger charge is 2.55. The molecule has 9 aromatic rings. The van der Waals surface area contributed by atoms with E-state index in [2.05, 4.69) is 217 Å². The van der Waals surface area contributed by atoms with Crippen LogP contribution in [0.25, 0.3) is 33.4 Å². The maximum Gasteiger partial charge on any atom is 0.182 e. The fourth-order valence-electron chi connectivity index (χ4n) is 11.2. The van der Waals surface area contributed by atoms with Gasteiger partial charge in [-0.2, -0.15) is 0 Å². The van der Waals surface area contributed by atoms with Gasteiger partial charge in [0.1, 0.15) is 0 Å². The molecule has 0 aliphatic carbocycles. The number of hydrogen-bond donors (Lipinski definition) is 0. The van der Waals surface area contributed by atoms with Crippen LogP contribution >= 0.6 is 11.8 Å². The fourth-order valence-corrected chi connectivity index (χ4v) is 18.0. The van der Waals surface area contributed by atoms with E-state index in [4.69, 9.17) is 0 Å². The van der Waals surface area contributed by atoms with Crippen LogP contribution in [0.1, 0.15) is 22.3 Å². The lowest BCUT2D eigenvalue weighted by Crippen LogP contribution is -2.70. The van der Waals surface area contributed by atoms with Crippen molar-refractivity contribution in [3.8, 4) is 33.4 Å². The lowest BCUT2D eigenvalue weighted by atomic mass is 9.62. The summed E-state index contributed by atoms with van der Waals surface area (Å²) in [7, 11) is -2.65. The molecule has 0 unspecified atom stereocenters. The molecule has 0 N–H and O–H groups in total. The second kappa shape index (κ2) is 11.9. The maximum atomic E-state index is 2.59. The summed E-state index contributed by atoms with van der Waals surface area (Å²) in [6.45, 7) is 0. The molecule has 0 fully saturated rings. The van der Waals surface area contributed by atoms with Crippen LogP contribution in [0.3, 0.4) is 0 Å². The molecule has 58 heavy (non-hydrogen) atoms. The van der Waals surface area contributed by atoms with Crippen molar-refractivity contribution < 1.29 is 0 Å². The van der Waals surface area contributed by atoms with Crippen LogP contribution in [0.2, 0.25) is 0 Å². The SMILES string of the molecule is c1ccc(-c2ccc3c(c2)C2(c4ccccc4Sc4ccccc42)c2ccccc2N3c2ccc3c(c2)[Si]2(c4ccccc4-c4ccccc42)c2ccccc2-3)cc1. The zero-order valence-electron chi connectivity index (χ0n) is 31.6. The Labute approximate surface area is 343 Å². The predicted octanol–water partition coefficient (Wildman–Crippen LogP) is 11.3. The molecule has 3 heteroatoms. The summed E-state index contributed by atoms with van der Waals surface area (Å²) in [5.74, 6) is 0. The van der Waals surface area contributed by atoms with Crippen LogP contribution in [-0.4, -0.2) is 8.07 Å². The van der Waals surface area contributed by atoms with Crippen LogP contribution in [0.15, 0.2) is 222 Å². The number of hydrogen-bond acceptors (Lipinski definition) is 2. The zero-order chi connectivity index (χ0) is 38.0. The first-order valence-corrected chi connectivity index (χ1v) is 23.0. The zero-order valence-corrected chi connectivity index (χ0v) is 33.4. The Balaban J connectivity index is 1.13. The average Bonchev–Trinajstić information content (AvgIpc) is 3.76. The van der Waals surface area contributed by atoms with E-state index in [9.17, 15) is 0 Å². The molecule has 1 nitrogen and oxygen atoms in total. The number of anilines is 3. The van der Waals surface area contributed by atoms with Gasteiger partial charge in [-0.15, -0.1) is 0 Å². The smallest absolute Gasteiger partial charge is 0.182 e. The van der Waals surface area contributed by atoms with Crippen molar-refractivity contribution in [3.05, 3.63) is 235 Å². The molecule has 4 aliphatic heterocycles. The molecule has 270 valence electrons. The first-order chi connectivity index (χ1) is 28.8. The van der Waals surface area contributed by atoms with E-state index >= 15 is 0 Å².